The lowest BCUT2D eigenvalue weighted by atomic mass is 9.97. The molecule has 3 N–H and O–H groups in total. The molecule has 2 aromatic carbocycles. The highest BCUT2D eigenvalue weighted by atomic mass is 32.2. The van der Waals surface area contributed by atoms with Crippen molar-refractivity contribution in [2.75, 3.05) is 12.3 Å². The summed E-state index contributed by atoms with van der Waals surface area (Å²) in [6.45, 7) is 4.44. The largest absolute Gasteiger partial charge is 0.349 e. The third kappa shape index (κ3) is 4.85. The van der Waals surface area contributed by atoms with Crippen molar-refractivity contribution in [3.8, 4) is 0 Å². The molecular formula is C19H24N2OS. The van der Waals surface area contributed by atoms with Crippen molar-refractivity contribution in [1.82, 2.24) is 5.32 Å². The molecule has 1 amide bonds. The molecule has 122 valence electrons. The zero-order valence-electron chi connectivity index (χ0n) is 13.7. The van der Waals surface area contributed by atoms with Crippen LogP contribution in [0.3, 0.4) is 0 Å². The van der Waals surface area contributed by atoms with Gasteiger partial charge in [-0.25, -0.2) is 0 Å². The fourth-order valence-electron chi connectivity index (χ4n) is 2.50. The second-order valence-electron chi connectivity index (χ2n) is 5.43. The van der Waals surface area contributed by atoms with E-state index in [-0.39, 0.29) is 17.9 Å². The van der Waals surface area contributed by atoms with E-state index < -0.39 is 0 Å². The van der Waals surface area contributed by atoms with Gasteiger partial charge in [0.2, 0.25) is 5.91 Å². The first-order valence-electron chi connectivity index (χ1n) is 7.93. The molecule has 0 unspecified atom stereocenters. The van der Waals surface area contributed by atoms with Gasteiger partial charge in [-0.15, -0.1) is 11.8 Å². The quantitative estimate of drug-likeness (QED) is 0.762. The van der Waals surface area contributed by atoms with Gasteiger partial charge in [-0.2, -0.15) is 0 Å². The molecule has 0 radical (unpaired) electrons. The summed E-state index contributed by atoms with van der Waals surface area (Å²) in [5.74, 6) is 0.715. The summed E-state index contributed by atoms with van der Waals surface area (Å²) >= 11 is 1.81. The highest BCUT2D eigenvalue weighted by Crippen LogP contribution is 2.22. The van der Waals surface area contributed by atoms with Gasteiger partial charge in [0.15, 0.2) is 0 Å². The minimum atomic E-state index is -0.312. The highest BCUT2D eigenvalue weighted by Gasteiger charge is 2.20. The van der Waals surface area contributed by atoms with E-state index in [1.165, 1.54) is 4.90 Å². The molecule has 23 heavy (non-hydrogen) atoms. The van der Waals surface area contributed by atoms with E-state index >= 15 is 0 Å². The molecule has 0 aliphatic heterocycles. The summed E-state index contributed by atoms with van der Waals surface area (Å²) in [6.07, 6.45) is 0. The maximum absolute atomic E-state index is 12.5. The van der Waals surface area contributed by atoms with Gasteiger partial charge in [0.1, 0.15) is 0 Å². The van der Waals surface area contributed by atoms with Crippen molar-refractivity contribution in [2.45, 2.75) is 30.7 Å². The van der Waals surface area contributed by atoms with Crippen LogP contribution in [-0.2, 0) is 4.79 Å². The molecule has 2 rings (SSSR count). The van der Waals surface area contributed by atoms with Crippen molar-refractivity contribution >= 4 is 17.7 Å². The van der Waals surface area contributed by atoms with Gasteiger partial charge in [-0.1, -0.05) is 49.4 Å². The molecular weight excluding hydrogens is 304 g/mol. The van der Waals surface area contributed by atoms with Crippen LogP contribution in [-0.4, -0.2) is 18.2 Å². The van der Waals surface area contributed by atoms with E-state index in [0.29, 0.717) is 6.54 Å². The lowest BCUT2D eigenvalue weighted by molar-refractivity contribution is -0.123. The number of benzene rings is 2. The van der Waals surface area contributed by atoms with Crippen LogP contribution in [0.1, 0.15) is 36.9 Å². The van der Waals surface area contributed by atoms with E-state index in [1.54, 1.807) is 0 Å². The van der Waals surface area contributed by atoms with Crippen molar-refractivity contribution < 1.29 is 4.79 Å². The molecule has 0 saturated carbocycles. The zero-order chi connectivity index (χ0) is 16.7. The maximum Gasteiger partial charge on any atom is 0.229 e. The Morgan fingerprint density at radius 2 is 1.74 bits per heavy atom. The van der Waals surface area contributed by atoms with E-state index in [9.17, 15) is 4.79 Å². The molecule has 0 aliphatic rings. The van der Waals surface area contributed by atoms with Crippen molar-refractivity contribution in [3.63, 3.8) is 0 Å². The van der Waals surface area contributed by atoms with Crippen molar-refractivity contribution in [2.24, 2.45) is 5.73 Å². The number of thioether (sulfide) groups is 1. The number of carbonyl (C=O) groups excluding carboxylic acids is 1. The second kappa shape index (κ2) is 8.75. The van der Waals surface area contributed by atoms with Gasteiger partial charge >= 0.3 is 0 Å². The van der Waals surface area contributed by atoms with Crippen molar-refractivity contribution in [1.29, 1.82) is 0 Å². The van der Waals surface area contributed by atoms with Crippen LogP contribution >= 0.6 is 11.8 Å². The van der Waals surface area contributed by atoms with Gasteiger partial charge in [-0.05, 0) is 35.9 Å². The Balaban J connectivity index is 2.03. The zero-order valence-corrected chi connectivity index (χ0v) is 14.5. The van der Waals surface area contributed by atoms with Crippen LogP contribution in [0.15, 0.2) is 59.5 Å². The summed E-state index contributed by atoms with van der Waals surface area (Å²) < 4.78 is 0. The number of carbonyl (C=O) groups is 1. The molecule has 0 fully saturated rings. The predicted octanol–water partition coefficient (Wildman–Crippen LogP) is 3.72. The fourth-order valence-corrected chi connectivity index (χ4v) is 3.16. The Labute approximate surface area is 142 Å². The molecule has 2 atom stereocenters. The average Bonchev–Trinajstić information content (AvgIpc) is 2.57. The maximum atomic E-state index is 12.5. The molecule has 0 heterocycles. The lowest BCUT2D eigenvalue weighted by Gasteiger charge is -2.20. The summed E-state index contributed by atoms with van der Waals surface area (Å²) in [5, 5.41) is 3.07. The summed E-state index contributed by atoms with van der Waals surface area (Å²) in [6, 6.07) is 18.0. The van der Waals surface area contributed by atoms with Gasteiger partial charge in [0.25, 0.3) is 0 Å². The molecule has 0 aromatic heterocycles. The molecule has 0 spiro atoms. The Bertz CT molecular complexity index is 613. The van der Waals surface area contributed by atoms with E-state index in [2.05, 4.69) is 36.5 Å². The van der Waals surface area contributed by atoms with Gasteiger partial charge < -0.3 is 11.1 Å². The Morgan fingerprint density at radius 3 is 2.30 bits per heavy atom. The third-order valence-corrected chi connectivity index (χ3v) is 4.70. The fraction of sp³-hybridized carbons (Fsp3) is 0.316. The van der Waals surface area contributed by atoms with Crippen molar-refractivity contribution in [3.05, 3.63) is 65.7 Å². The summed E-state index contributed by atoms with van der Waals surface area (Å²) in [4.78, 5) is 13.8. The van der Waals surface area contributed by atoms with E-state index in [4.69, 9.17) is 5.73 Å². The molecule has 4 heteroatoms. The number of hydrogen-bond acceptors (Lipinski definition) is 3. The molecule has 0 saturated heterocycles. The first kappa shape index (κ1) is 17.6. The van der Waals surface area contributed by atoms with E-state index in [0.717, 1.165) is 16.9 Å². The molecule has 0 aliphatic carbocycles. The Hall–Kier alpha value is -1.78. The number of nitrogens with one attached hydrogen (secondary N) is 1. The Morgan fingerprint density at radius 1 is 1.09 bits per heavy atom. The monoisotopic (exact) mass is 328 g/mol. The topological polar surface area (TPSA) is 55.1 Å². The summed E-state index contributed by atoms with van der Waals surface area (Å²) in [5.41, 5.74) is 7.86. The minimum Gasteiger partial charge on any atom is -0.349 e. The molecule has 3 nitrogen and oxygen atoms in total. The minimum absolute atomic E-state index is 0.0294. The van der Waals surface area contributed by atoms with Gasteiger partial charge in [0, 0.05) is 11.4 Å². The van der Waals surface area contributed by atoms with Gasteiger partial charge in [-0.3, -0.25) is 4.79 Å². The molecule has 0 bridgehead atoms. The number of nitrogens with two attached hydrogens (primary N) is 1. The van der Waals surface area contributed by atoms with E-state index in [1.807, 2.05) is 49.0 Å². The lowest BCUT2D eigenvalue weighted by Crippen LogP contribution is -2.35. The Kier molecular flexibility index (Phi) is 6.68. The highest BCUT2D eigenvalue weighted by molar-refractivity contribution is 7.99. The predicted molar refractivity (Wildman–Crippen MR) is 97.6 cm³/mol. The SMILES string of the molecule is CCSc1ccc([C@H](C)NC(=O)[C@H](CN)c2ccccc2)cc1. The smallest absolute Gasteiger partial charge is 0.229 e. The van der Waals surface area contributed by atoms with Crippen LogP contribution in [0.25, 0.3) is 0 Å². The number of rotatable bonds is 7. The molecule has 2 aromatic rings. The van der Waals surface area contributed by atoms with Crippen LogP contribution in [0.5, 0.6) is 0 Å². The van der Waals surface area contributed by atoms with Crippen LogP contribution < -0.4 is 11.1 Å². The summed E-state index contributed by atoms with van der Waals surface area (Å²) in [7, 11) is 0. The van der Waals surface area contributed by atoms with Crippen LogP contribution in [0.2, 0.25) is 0 Å². The first-order chi connectivity index (χ1) is 11.2. The first-order valence-corrected chi connectivity index (χ1v) is 8.92. The number of amides is 1. The van der Waals surface area contributed by atoms with Crippen LogP contribution in [0, 0.1) is 0 Å². The average molecular weight is 328 g/mol. The third-order valence-electron chi connectivity index (χ3n) is 3.80. The number of hydrogen-bond donors (Lipinski definition) is 2. The standard InChI is InChI=1S/C19H24N2OS/c1-3-23-17-11-9-15(10-12-17)14(2)21-19(22)18(13-20)16-7-5-4-6-8-16/h4-12,14,18H,3,13,20H2,1-2H3,(H,21,22)/t14-,18+/m0/s1. The van der Waals surface area contributed by atoms with Gasteiger partial charge in [0.05, 0.1) is 12.0 Å². The normalized spacial score (nSPS) is 13.3. The van der Waals surface area contributed by atoms with Crippen LogP contribution in [0.4, 0.5) is 0 Å². The second-order valence-corrected chi connectivity index (χ2v) is 6.77.